The zero-order valence-corrected chi connectivity index (χ0v) is 17.1. The first-order chi connectivity index (χ1) is 14.5. The van der Waals surface area contributed by atoms with Crippen molar-refractivity contribution in [2.24, 2.45) is 11.7 Å². The van der Waals surface area contributed by atoms with Gasteiger partial charge in [0.25, 0.3) is 0 Å². The molecule has 30 heavy (non-hydrogen) atoms. The van der Waals surface area contributed by atoms with Crippen molar-refractivity contribution in [3.8, 4) is 0 Å². The Bertz CT molecular complexity index is 788. The van der Waals surface area contributed by atoms with Crippen molar-refractivity contribution in [1.82, 2.24) is 15.1 Å². The molecule has 1 aliphatic heterocycles. The number of amides is 1. The minimum atomic E-state index is -1.03. The molecule has 8 heteroatoms. The first-order valence-electron chi connectivity index (χ1n) is 10.4. The first kappa shape index (κ1) is 22.1. The van der Waals surface area contributed by atoms with E-state index in [1.54, 1.807) is 0 Å². The summed E-state index contributed by atoms with van der Waals surface area (Å²) < 4.78 is 0. The lowest BCUT2D eigenvalue weighted by Crippen LogP contribution is -2.48. The minimum Gasteiger partial charge on any atom is -0.395 e. The minimum absolute atomic E-state index is 0.0266. The maximum atomic E-state index is 12.9. The van der Waals surface area contributed by atoms with Gasteiger partial charge in [-0.05, 0) is 5.56 Å². The monoisotopic (exact) mass is 414 g/mol. The molecule has 4 N–H and O–H groups in total. The number of piperazine rings is 1. The van der Waals surface area contributed by atoms with Crippen molar-refractivity contribution in [2.75, 3.05) is 52.4 Å². The van der Waals surface area contributed by atoms with Crippen molar-refractivity contribution in [1.29, 1.82) is 0 Å². The number of rotatable bonds is 8. The predicted octanol–water partition coefficient (Wildman–Crippen LogP) is -0.503. The van der Waals surface area contributed by atoms with Crippen LogP contribution < -0.4 is 11.1 Å². The summed E-state index contributed by atoms with van der Waals surface area (Å²) in [5.74, 6) is -3.02. The number of benzene rings is 1. The van der Waals surface area contributed by atoms with Crippen molar-refractivity contribution in [3.63, 3.8) is 0 Å². The molecule has 0 bridgehead atoms. The lowest BCUT2D eigenvalue weighted by atomic mass is 9.72. The molecular weight excluding hydrogens is 384 g/mol. The van der Waals surface area contributed by atoms with Gasteiger partial charge in [-0.2, -0.15) is 0 Å². The van der Waals surface area contributed by atoms with Crippen molar-refractivity contribution in [3.05, 3.63) is 47.7 Å². The van der Waals surface area contributed by atoms with E-state index in [1.807, 2.05) is 30.3 Å². The van der Waals surface area contributed by atoms with E-state index in [-0.39, 0.29) is 24.4 Å². The van der Waals surface area contributed by atoms with Crippen LogP contribution in [0.2, 0.25) is 0 Å². The fourth-order valence-corrected chi connectivity index (χ4v) is 4.18. The molecule has 2 unspecified atom stereocenters. The number of carbonyl (C=O) groups is 3. The molecule has 2 fully saturated rings. The van der Waals surface area contributed by atoms with Crippen LogP contribution in [0.3, 0.4) is 0 Å². The SMILES string of the molecule is NC(=O)C1C(=O)C(=CNCCN2CCN(CCO)CC2)C(=O)CC1c1ccccc1. The fraction of sp³-hybridized carbons (Fsp3) is 0.500. The molecule has 0 spiro atoms. The molecule has 162 valence electrons. The Kier molecular flexibility index (Phi) is 7.73. The normalized spacial score (nSPS) is 24.9. The van der Waals surface area contributed by atoms with Gasteiger partial charge in [0.05, 0.1) is 12.2 Å². The highest BCUT2D eigenvalue weighted by atomic mass is 16.3. The van der Waals surface area contributed by atoms with Gasteiger partial charge in [0.15, 0.2) is 11.6 Å². The Hall–Kier alpha value is -2.55. The standard InChI is InChI=1S/C22H30N4O4/c23-22(30)20-17(16-4-2-1-3-5-16)14-19(28)18(21(20)29)15-24-6-7-25-8-10-26(11-9-25)12-13-27/h1-5,15,17,20,24,27H,6-14H2,(H2,23,30). The third-order valence-electron chi connectivity index (χ3n) is 5.89. The Labute approximate surface area is 176 Å². The van der Waals surface area contributed by atoms with Crippen molar-refractivity contribution < 1.29 is 19.5 Å². The molecule has 3 rings (SSSR count). The molecule has 1 amide bonds. The van der Waals surface area contributed by atoms with Crippen LogP contribution in [0.15, 0.2) is 42.1 Å². The Morgan fingerprint density at radius 2 is 1.73 bits per heavy atom. The lowest BCUT2D eigenvalue weighted by Gasteiger charge is -2.34. The van der Waals surface area contributed by atoms with Gasteiger partial charge in [0.1, 0.15) is 5.92 Å². The van der Waals surface area contributed by atoms with E-state index in [2.05, 4.69) is 15.1 Å². The molecule has 1 saturated carbocycles. The maximum absolute atomic E-state index is 12.9. The summed E-state index contributed by atoms with van der Waals surface area (Å²) in [5.41, 5.74) is 6.33. The van der Waals surface area contributed by atoms with Crippen LogP contribution in [0, 0.1) is 5.92 Å². The van der Waals surface area contributed by atoms with Crippen LogP contribution in [0.25, 0.3) is 0 Å². The second-order valence-electron chi connectivity index (χ2n) is 7.81. The van der Waals surface area contributed by atoms with E-state index in [1.165, 1.54) is 6.20 Å². The Balaban J connectivity index is 1.57. The van der Waals surface area contributed by atoms with Crippen LogP contribution >= 0.6 is 0 Å². The van der Waals surface area contributed by atoms with Crippen LogP contribution in [0.4, 0.5) is 0 Å². The molecule has 1 aromatic carbocycles. The lowest BCUT2D eigenvalue weighted by molar-refractivity contribution is -0.134. The highest BCUT2D eigenvalue weighted by Crippen LogP contribution is 2.36. The number of ketones is 2. The Morgan fingerprint density at radius 3 is 2.33 bits per heavy atom. The van der Waals surface area contributed by atoms with E-state index in [9.17, 15) is 14.4 Å². The van der Waals surface area contributed by atoms with Crippen LogP contribution in [0.1, 0.15) is 17.9 Å². The molecule has 1 heterocycles. The van der Waals surface area contributed by atoms with Gasteiger partial charge >= 0.3 is 0 Å². The number of nitrogens with two attached hydrogens (primary N) is 1. The Morgan fingerprint density at radius 1 is 1.10 bits per heavy atom. The van der Waals surface area contributed by atoms with Crippen LogP contribution in [-0.2, 0) is 14.4 Å². The maximum Gasteiger partial charge on any atom is 0.229 e. The zero-order chi connectivity index (χ0) is 21.5. The number of Topliss-reactive ketones (excluding diaryl/α,β-unsaturated/α-hetero) is 2. The van der Waals surface area contributed by atoms with Gasteiger partial charge in [0, 0.05) is 64.4 Å². The summed E-state index contributed by atoms with van der Waals surface area (Å²) >= 11 is 0. The van der Waals surface area contributed by atoms with Crippen LogP contribution in [0.5, 0.6) is 0 Å². The largest absolute Gasteiger partial charge is 0.395 e. The van der Waals surface area contributed by atoms with Gasteiger partial charge in [0.2, 0.25) is 5.91 Å². The number of nitrogens with zero attached hydrogens (tertiary/aromatic N) is 2. The molecule has 8 nitrogen and oxygen atoms in total. The smallest absolute Gasteiger partial charge is 0.229 e. The predicted molar refractivity (Wildman–Crippen MR) is 113 cm³/mol. The first-order valence-corrected chi connectivity index (χ1v) is 10.4. The topological polar surface area (TPSA) is 116 Å². The quantitative estimate of drug-likeness (QED) is 0.227. The van der Waals surface area contributed by atoms with Crippen molar-refractivity contribution in [2.45, 2.75) is 12.3 Å². The summed E-state index contributed by atoms with van der Waals surface area (Å²) in [6.45, 7) is 5.91. The molecule has 1 saturated heterocycles. The molecule has 2 aliphatic rings. The summed E-state index contributed by atoms with van der Waals surface area (Å²) in [4.78, 5) is 42.1. The van der Waals surface area contributed by atoms with Gasteiger partial charge < -0.3 is 16.2 Å². The highest BCUT2D eigenvalue weighted by Gasteiger charge is 2.43. The third-order valence-corrected chi connectivity index (χ3v) is 5.89. The average Bonchev–Trinajstić information content (AvgIpc) is 2.74. The second kappa shape index (κ2) is 10.5. The summed E-state index contributed by atoms with van der Waals surface area (Å²) in [6.07, 6.45) is 1.54. The third kappa shape index (κ3) is 5.33. The van der Waals surface area contributed by atoms with E-state index >= 15 is 0 Å². The number of nitrogens with one attached hydrogen (secondary N) is 1. The highest BCUT2D eigenvalue weighted by molar-refractivity contribution is 6.27. The van der Waals surface area contributed by atoms with Crippen LogP contribution in [-0.4, -0.2) is 84.8 Å². The molecule has 0 aromatic heterocycles. The summed E-state index contributed by atoms with van der Waals surface area (Å²) in [7, 11) is 0. The number of β-amino-alcohol motifs (C(OH)–C–C–N with tert-alkyl or cyclic N) is 1. The molecule has 2 atom stereocenters. The van der Waals surface area contributed by atoms with Gasteiger partial charge in [-0.1, -0.05) is 30.3 Å². The molecule has 1 aromatic rings. The van der Waals surface area contributed by atoms with Crippen molar-refractivity contribution >= 4 is 17.5 Å². The second-order valence-corrected chi connectivity index (χ2v) is 7.81. The number of aliphatic hydroxyl groups is 1. The fourth-order valence-electron chi connectivity index (χ4n) is 4.18. The summed E-state index contributed by atoms with van der Waals surface area (Å²) in [6, 6.07) is 9.11. The van der Waals surface area contributed by atoms with Gasteiger partial charge in [-0.15, -0.1) is 0 Å². The zero-order valence-electron chi connectivity index (χ0n) is 17.1. The van der Waals surface area contributed by atoms with Gasteiger partial charge in [-0.25, -0.2) is 0 Å². The number of allylic oxidation sites excluding steroid dienone is 1. The number of aliphatic hydroxyl groups excluding tert-OH is 1. The molecular formula is C22H30N4O4. The van der Waals surface area contributed by atoms with E-state index < -0.39 is 23.5 Å². The summed E-state index contributed by atoms with van der Waals surface area (Å²) in [5, 5.41) is 12.1. The number of primary amides is 1. The molecule has 0 radical (unpaired) electrons. The molecule has 1 aliphatic carbocycles. The van der Waals surface area contributed by atoms with E-state index in [0.29, 0.717) is 13.1 Å². The average molecular weight is 415 g/mol. The van der Waals surface area contributed by atoms with E-state index in [0.717, 1.165) is 38.3 Å². The van der Waals surface area contributed by atoms with Gasteiger partial charge in [-0.3, -0.25) is 24.2 Å². The number of hydrogen-bond acceptors (Lipinski definition) is 7. The number of hydrogen-bond donors (Lipinski definition) is 3. The van der Waals surface area contributed by atoms with E-state index in [4.69, 9.17) is 10.8 Å². The number of carbonyl (C=O) groups excluding carboxylic acids is 3.